The first-order valence-corrected chi connectivity index (χ1v) is 9.26. The molecule has 0 aliphatic heterocycles. The molecular formula is C23H24O5. The highest BCUT2D eigenvalue weighted by Crippen LogP contribution is 2.41. The minimum atomic E-state index is -0.845. The molecule has 2 aromatic rings. The molecule has 5 heteroatoms. The van der Waals surface area contributed by atoms with Gasteiger partial charge in [-0.25, -0.2) is 0 Å². The molecule has 0 amide bonds. The summed E-state index contributed by atoms with van der Waals surface area (Å²) >= 11 is 0. The van der Waals surface area contributed by atoms with Crippen LogP contribution in [0.25, 0.3) is 5.57 Å². The lowest BCUT2D eigenvalue weighted by atomic mass is 9.73. The highest BCUT2D eigenvalue weighted by atomic mass is 16.5. The van der Waals surface area contributed by atoms with Gasteiger partial charge in [-0.05, 0) is 60.4 Å². The first kappa shape index (κ1) is 19.7. The van der Waals surface area contributed by atoms with Gasteiger partial charge >= 0.3 is 5.97 Å². The first-order valence-electron chi connectivity index (χ1n) is 9.26. The number of carbonyl (C=O) groups is 2. The Balaban J connectivity index is 2.01. The second kappa shape index (κ2) is 8.74. The molecule has 0 N–H and O–H groups in total. The van der Waals surface area contributed by atoms with Crippen molar-refractivity contribution in [2.45, 2.75) is 19.3 Å². The summed E-state index contributed by atoms with van der Waals surface area (Å²) in [5.41, 5.74) is 2.69. The van der Waals surface area contributed by atoms with E-state index in [4.69, 9.17) is 14.2 Å². The zero-order valence-electron chi connectivity index (χ0n) is 16.3. The number of methoxy groups -OCH3 is 2. The van der Waals surface area contributed by atoms with Crippen molar-refractivity contribution < 1.29 is 23.8 Å². The fourth-order valence-electron chi connectivity index (χ4n) is 3.57. The third kappa shape index (κ3) is 4.09. The van der Waals surface area contributed by atoms with E-state index in [1.54, 1.807) is 27.2 Å². The van der Waals surface area contributed by atoms with Gasteiger partial charge in [0.1, 0.15) is 17.4 Å². The van der Waals surface area contributed by atoms with E-state index in [1.165, 1.54) is 0 Å². The van der Waals surface area contributed by atoms with E-state index >= 15 is 0 Å². The second-order valence-electron chi connectivity index (χ2n) is 6.62. The molecule has 1 aliphatic rings. The molecule has 1 aliphatic carbocycles. The number of hydrogen-bond acceptors (Lipinski definition) is 5. The summed E-state index contributed by atoms with van der Waals surface area (Å²) in [7, 11) is 3.21. The van der Waals surface area contributed by atoms with Crippen molar-refractivity contribution >= 4 is 17.3 Å². The van der Waals surface area contributed by atoms with Gasteiger partial charge in [-0.3, -0.25) is 9.59 Å². The average molecular weight is 380 g/mol. The van der Waals surface area contributed by atoms with Gasteiger partial charge in [0.15, 0.2) is 5.78 Å². The maximum Gasteiger partial charge on any atom is 0.317 e. The summed E-state index contributed by atoms with van der Waals surface area (Å²) in [6.07, 6.45) is 2.12. The number of hydrogen-bond donors (Lipinski definition) is 0. The van der Waals surface area contributed by atoms with E-state index in [0.717, 1.165) is 28.2 Å². The van der Waals surface area contributed by atoms with Crippen LogP contribution in [0.15, 0.2) is 54.6 Å². The van der Waals surface area contributed by atoms with Crippen molar-refractivity contribution in [3.63, 3.8) is 0 Å². The molecule has 0 spiro atoms. The zero-order valence-corrected chi connectivity index (χ0v) is 16.3. The third-order valence-corrected chi connectivity index (χ3v) is 4.99. The van der Waals surface area contributed by atoms with Crippen molar-refractivity contribution in [2.75, 3.05) is 20.8 Å². The molecule has 2 atom stereocenters. The quantitative estimate of drug-likeness (QED) is 0.559. The monoisotopic (exact) mass is 380 g/mol. The molecule has 2 aromatic carbocycles. The Morgan fingerprint density at radius 3 is 2.39 bits per heavy atom. The largest absolute Gasteiger partial charge is 0.497 e. The number of benzene rings is 2. The summed E-state index contributed by atoms with van der Waals surface area (Å²) in [4.78, 5) is 25.5. The van der Waals surface area contributed by atoms with E-state index < -0.39 is 11.9 Å². The standard InChI is InChI=1S/C23H24O5/c1-4-28-23(25)22-20(15-8-10-18(26-2)11-9-15)13-17(14-21(22)24)16-6-5-7-19(12-16)27-3/h5-12,14,20,22H,4,13H2,1-3H3/t20-,22-/m0/s1. The topological polar surface area (TPSA) is 61.8 Å². The van der Waals surface area contributed by atoms with Crippen LogP contribution in [-0.2, 0) is 14.3 Å². The minimum Gasteiger partial charge on any atom is -0.497 e. The van der Waals surface area contributed by atoms with E-state index in [1.807, 2.05) is 48.5 Å². The highest BCUT2D eigenvalue weighted by Gasteiger charge is 2.39. The predicted octanol–water partition coefficient (Wildman–Crippen LogP) is 4.02. The van der Waals surface area contributed by atoms with Gasteiger partial charge in [-0.15, -0.1) is 0 Å². The Kier molecular flexibility index (Phi) is 6.14. The molecule has 0 fully saturated rings. The predicted molar refractivity (Wildman–Crippen MR) is 106 cm³/mol. The molecule has 3 rings (SSSR count). The Morgan fingerprint density at radius 1 is 1.04 bits per heavy atom. The molecule has 0 unspecified atom stereocenters. The van der Waals surface area contributed by atoms with E-state index in [2.05, 4.69) is 0 Å². The molecule has 0 aromatic heterocycles. The van der Waals surface area contributed by atoms with Gasteiger partial charge in [0.05, 0.1) is 20.8 Å². The molecule has 0 heterocycles. The van der Waals surface area contributed by atoms with Crippen LogP contribution in [0.3, 0.4) is 0 Å². The van der Waals surface area contributed by atoms with Crippen LogP contribution in [0.4, 0.5) is 0 Å². The maximum atomic E-state index is 12.9. The number of esters is 1. The minimum absolute atomic E-state index is 0.233. The third-order valence-electron chi connectivity index (χ3n) is 4.99. The first-order chi connectivity index (χ1) is 13.6. The van der Waals surface area contributed by atoms with Crippen LogP contribution in [0.2, 0.25) is 0 Å². The Morgan fingerprint density at radius 2 is 1.75 bits per heavy atom. The van der Waals surface area contributed by atoms with Gasteiger partial charge in [-0.2, -0.15) is 0 Å². The van der Waals surface area contributed by atoms with E-state index in [9.17, 15) is 9.59 Å². The van der Waals surface area contributed by atoms with Crippen LogP contribution in [0.5, 0.6) is 11.5 Å². The van der Waals surface area contributed by atoms with Crippen molar-refractivity contribution in [3.05, 3.63) is 65.7 Å². The summed E-state index contributed by atoms with van der Waals surface area (Å²) in [6, 6.07) is 15.1. The van der Waals surface area contributed by atoms with Gasteiger partial charge in [0, 0.05) is 5.92 Å². The zero-order chi connectivity index (χ0) is 20.1. The van der Waals surface area contributed by atoms with Gasteiger partial charge < -0.3 is 14.2 Å². The summed E-state index contributed by atoms with van der Waals surface area (Å²) in [5, 5.41) is 0. The fourth-order valence-corrected chi connectivity index (χ4v) is 3.57. The number of allylic oxidation sites excluding steroid dienone is 2. The Hall–Kier alpha value is -3.08. The van der Waals surface area contributed by atoms with E-state index in [-0.39, 0.29) is 18.3 Å². The summed E-state index contributed by atoms with van der Waals surface area (Å²) < 4.78 is 15.7. The maximum absolute atomic E-state index is 12.9. The van der Waals surface area contributed by atoms with Crippen LogP contribution in [0, 0.1) is 5.92 Å². The SMILES string of the molecule is CCOC(=O)[C@@H]1C(=O)C=C(c2cccc(OC)c2)C[C@H]1c1ccc(OC)cc1. The number of carbonyl (C=O) groups excluding carboxylic acids is 2. The average Bonchev–Trinajstić information content (AvgIpc) is 2.73. The lowest BCUT2D eigenvalue weighted by Gasteiger charge is -2.29. The van der Waals surface area contributed by atoms with Gasteiger partial charge in [-0.1, -0.05) is 24.3 Å². The summed E-state index contributed by atoms with van der Waals surface area (Å²) in [6.45, 7) is 1.98. The van der Waals surface area contributed by atoms with Crippen molar-refractivity contribution in [3.8, 4) is 11.5 Å². The second-order valence-corrected chi connectivity index (χ2v) is 6.62. The Bertz CT molecular complexity index is 882. The van der Waals surface area contributed by atoms with E-state index in [0.29, 0.717) is 6.42 Å². The molecule has 0 bridgehead atoms. The van der Waals surface area contributed by atoms with Crippen molar-refractivity contribution in [1.29, 1.82) is 0 Å². The van der Waals surface area contributed by atoms with Crippen LogP contribution in [0.1, 0.15) is 30.4 Å². The fraction of sp³-hybridized carbons (Fsp3) is 0.304. The van der Waals surface area contributed by atoms with Crippen LogP contribution >= 0.6 is 0 Å². The van der Waals surface area contributed by atoms with Crippen LogP contribution < -0.4 is 9.47 Å². The number of ether oxygens (including phenoxy) is 3. The lowest BCUT2D eigenvalue weighted by Crippen LogP contribution is -2.34. The normalized spacial score (nSPS) is 19.0. The molecule has 146 valence electrons. The van der Waals surface area contributed by atoms with Gasteiger partial charge in [0.2, 0.25) is 0 Å². The van der Waals surface area contributed by atoms with Gasteiger partial charge in [0.25, 0.3) is 0 Å². The Labute approximate surface area is 164 Å². The molecular weight excluding hydrogens is 356 g/mol. The number of ketones is 1. The smallest absolute Gasteiger partial charge is 0.317 e. The molecule has 28 heavy (non-hydrogen) atoms. The summed E-state index contributed by atoms with van der Waals surface area (Å²) in [5.74, 6) is -0.412. The molecule has 5 nitrogen and oxygen atoms in total. The molecule has 0 saturated carbocycles. The molecule has 0 saturated heterocycles. The highest BCUT2D eigenvalue weighted by molar-refractivity contribution is 6.10. The lowest BCUT2D eigenvalue weighted by molar-refractivity contribution is -0.151. The van der Waals surface area contributed by atoms with Crippen molar-refractivity contribution in [1.82, 2.24) is 0 Å². The van der Waals surface area contributed by atoms with Crippen LogP contribution in [-0.4, -0.2) is 32.6 Å². The molecule has 0 radical (unpaired) electrons. The number of rotatable bonds is 6. The van der Waals surface area contributed by atoms with Crippen molar-refractivity contribution in [2.24, 2.45) is 5.92 Å².